The minimum Gasteiger partial charge on any atom is -0.298 e. The van der Waals surface area contributed by atoms with Crippen molar-refractivity contribution in [1.82, 2.24) is 13.9 Å². The molecule has 0 N–H and O–H groups in total. The second kappa shape index (κ2) is 8.55. The SMILES string of the molecule is CCCN(C(C)c1nc2ccc(Cl)cc2c(=O)n1C)S(=O)(=O)c1ccc(Br)cc1. The molecule has 3 rings (SSSR count). The number of sulfonamides is 1. The van der Waals surface area contributed by atoms with Gasteiger partial charge in [0, 0.05) is 23.1 Å². The molecule has 0 saturated heterocycles. The number of fused-ring (bicyclic) bond motifs is 1. The predicted octanol–water partition coefficient (Wildman–Crippen LogP) is 4.51. The highest BCUT2D eigenvalue weighted by molar-refractivity contribution is 9.10. The van der Waals surface area contributed by atoms with Crippen molar-refractivity contribution in [3.05, 3.63) is 68.1 Å². The van der Waals surface area contributed by atoms with Gasteiger partial charge in [-0.25, -0.2) is 13.4 Å². The molecule has 0 spiro atoms. The van der Waals surface area contributed by atoms with Gasteiger partial charge in [-0.3, -0.25) is 9.36 Å². The Balaban J connectivity index is 2.14. The summed E-state index contributed by atoms with van der Waals surface area (Å²) in [7, 11) is -2.19. The summed E-state index contributed by atoms with van der Waals surface area (Å²) in [5.41, 5.74) is 0.216. The highest BCUT2D eigenvalue weighted by Crippen LogP contribution is 2.28. The summed E-state index contributed by atoms with van der Waals surface area (Å²) >= 11 is 9.33. The zero-order chi connectivity index (χ0) is 21.3. The Kier molecular flexibility index (Phi) is 6.48. The molecular formula is C20H21BrClN3O3S. The molecule has 1 aromatic heterocycles. The van der Waals surface area contributed by atoms with E-state index in [-0.39, 0.29) is 10.5 Å². The molecule has 0 aliphatic heterocycles. The average molecular weight is 499 g/mol. The molecule has 9 heteroatoms. The molecule has 0 bridgehead atoms. The number of benzene rings is 2. The van der Waals surface area contributed by atoms with Crippen molar-refractivity contribution in [2.75, 3.05) is 6.54 Å². The Bertz CT molecular complexity index is 1210. The van der Waals surface area contributed by atoms with Crippen LogP contribution >= 0.6 is 27.5 Å². The molecule has 0 aliphatic rings. The third kappa shape index (κ3) is 4.26. The van der Waals surface area contributed by atoms with E-state index in [0.29, 0.717) is 34.7 Å². The van der Waals surface area contributed by atoms with Gasteiger partial charge in [-0.15, -0.1) is 0 Å². The molecule has 1 unspecified atom stereocenters. The minimum atomic E-state index is -3.78. The molecule has 0 fully saturated rings. The number of aromatic nitrogens is 2. The van der Waals surface area contributed by atoms with Gasteiger partial charge in [-0.1, -0.05) is 34.5 Å². The summed E-state index contributed by atoms with van der Waals surface area (Å²) in [5, 5.41) is 0.844. The first kappa shape index (κ1) is 22.0. The van der Waals surface area contributed by atoms with Crippen LogP contribution in [0.1, 0.15) is 32.1 Å². The van der Waals surface area contributed by atoms with E-state index < -0.39 is 16.1 Å². The van der Waals surface area contributed by atoms with Crippen molar-refractivity contribution in [2.45, 2.75) is 31.2 Å². The monoisotopic (exact) mass is 497 g/mol. The van der Waals surface area contributed by atoms with Gasteiger partial charge < -0.3 is 0 Å². The number of rotatable bonds is 6. The van der Waals surface area contributed by atoms with Crippen LogP contribution in [0, 0.1) is 0 Å². The fraction of sp³-hybridized carbons (Fsp3) is 0.300. The molecule has 6 nitrogen and oxygen atoms in total. The van der Waals surface area contributed by atoms with E-state index in [0.717, 1.165) is 4.47 Å². The molecule has 0 radical (unpaired) electrons. The van der Waals surface area contributed by atoms with Gasteiger partial charge in [0.25, 0.3) is 5.56 Å². The molecule has 1 heterocycles. The van der Waals surface area contributed by atoms with Crippen LogP contribution in [0.25, 0.3) is 10.9 Å². The maximum Gasteiger partial charge on any atom is 0.261 e. The zero-order valence-electron chi connectivity index (χ0n) is 16.3. The topological polar surface area (TPSA) is 72.3 Å². The van der Waals surface area contributed by atoms with Crippen LogP contribution in [0.4, 0.5) is 0 Å². The van der Waals surface area contributed by atoms with E-state index in [2.05, 4.69) is 20.9 Å². The molecule has 0 aliphatic carbocycles. The lowest BCUT2D eigenvalue weighted by Crippen LogP contribution is -2.37. The third-order valence-corrected chi connectivity index (χ3v) is 7.49. The first-order chi connectivity index (χ1) is 13.7. The van der Waals surface area contributed by atoms with Crippen LogP contribution in [0.3, 0.4) is 0 Å². The Morgan fingerprint density at radius 1 is 1.21 bits per heavy atom. The first-order valence-corrected chi connectivity index (χ1v) is 11.7. The minimum absolute atomic E-state index is 0.193. The smallest absolute Gasteiger partial charge is 0.261 e. The second-order valence-electron chi connectivity index (χ2n) is 6.74. The van der Waals surface area contributed by atoms with Crippen molar-refractivity contribution in [3.63, 3.8) is 0 Å². The van der Waals surface area contributed by atoms with Crippen molar-refractivity contribution >= 4 is 48.5 Å². The molecule has 0 amide bonds. The number of hydrogen-bond donors (Lipinski definition) is 0. The van der Waals surface area contributed by atoms with Gasteiger partial charge in [-0.2, -0.15) is 4.31 Å². The fourth-order valence-electron chi connectivity index (χ4n) is 3.25. The van der Waals surface area contributed by atoms with Gasteiger partial charge >= 0.3 is 0 Å². The highest BCUT2D eigenvalue weighted by Gasteiger charge is 2.31. The van der Waals surface area contributed by atoms with Crippen molar-refractivity contribution in [1.29, 1.82) is 0 Å². The fourth-order valence-corrected chi connectivity index (χ4v) is 5.37. The average Bonchev–Trinajstić information content (AvgIpc) is 2.69. The largest absolute Gasteiger partial charge is 0.298 e. The van der Waals surface area contributed by atoms with Crippen molar-refractivity contribution < 1.29 is 8.42 Å². The van der Waals surface area contributed by atoms with Gasteiger partial charge in [0.1, 0.15) is 5.82 Å². The molecular weight excluding hydrogens is 478 g/mol. The molecule has 3 aromatic rings. The van der Waals surface area contributed by atoms with Crippen LogP contribution in [-0.2, 0) is 17.1 Å². The lowest BCUT2D eigenvalue weighted by Gasteiger charge is -2.28. The Hall–Kier alpha value is -1.74. The maximum absolute atomic E-state index is 13.3. The van der Waals surface area contributed by atoms with E-state index >= 15 is 0 Å². The number of nitrogens with zero attached hydrogens (tertiary/aromatic N) is 3. The quantitative estimate of drug-likeness (QED) is 0.501. The van der Waals surface area contributed by atoms with Gasteiger partial charge in [0.15, 0.2) is 0 Å². The first-order valence-electron chi connectivity index (χ1n) is 9.10. The van der Waals surface area contributed by atoms with Crippen LogP contribution in [-0.4, -0.2) is 28.8 Å². The van der Waals surface area contributed by atoms with Gasteiger partial charge in [0.2, 0.25) is 10.0 Å². The zero-order valence-corrected chi connectivity index (χ0v) is 19.4. The molecule has 2 aromatic carbocycles. The van der Waals surface area contributed by atoms with Gasteiger partial charge in [0.05, 0.1) is 21.8 Å². The van der Waals surface area contributed by atoms with Crippen LogP contribution in [0.2, 0.25) is 5.02 Å². The Labute approximate surface area is 183 Å². The lowest BCUT2D eigenvalue weighted by atomic mass is 10.2. The maximum atomic E-state index is 13.3. The van der Waals surface area contributed by atoms with E-state index in [1.54, 1.807) is 56.4 Å². The van der Waals surface area contributed by atoms with E-state index in [1.807, 2.05) is 6.92 Å². The predicted molar refractivity (Wildman–Crippen MR) is 119 cm³/mol. The summed E-state index contributed by atoms with van der Waals surface area (Å²) in [6.07, 6.45) is 0.622. The van der Waals surface area contributed by atoms with Crippen LogP contribution < -0.4 is 5.56 Å². The normalized spacial score (nSPS) is 13.2. The van der Waals surface area contributed by atoms with Crippen molar-refractivity contribution in [3.8, 4) is 0 Å². The molecule has 29 heavy (non-hydrogen) atoms. The van der Waals surface area contributed by atoms with E-state index in [4.69, 9.17) is 11.6 Å². The van der Waals surface area contributed by atoms with E-state index in [1.165, 1.54) is 8.87 Å². The Morgan fingerprint density at radius 3 is 2.48 bits per heavy atom. The molecule has 0 saturated carbocycles. The second-order valence-corrected chi connectivity index (χ2v) is 9.98. The van der Waals surface area contributed by atoms with Crippen molar-refractivity contribution in [2.24, 2.45) is 7.05 Å². The third-order valence-electron chi connectivity index (χ3n) is 4.74. The number of hydrogen-bond acceptors (Lipinski definition) is 4. The van der Waals surface area contributed by atoms with E-state index in [9.17, 15) is 13.2 Å². The highest BCUT2D eigenvalue weighted by atomic mass is 79.9. The lowest BCUT2D eigenvalue weighted by molar-refractivity contribution is 0.324. The summed E-state index contributed by atoms with van der Waals surface area (Å²) in [4.78, 5) is 17.6. The van der Waals surface area contributed by atoms with Crippen LogP contribution in [0.5, 0.6) is 0 Å². The summed E-state index contributed by atoms with van der Waals surface area (Å²) in [6.45, 7) is 3.95. The standard InChI is InChI=1S/C20H21BrClN3O3S/c1-4-11-25(29(27,28)16-8-5-14(21)6-9-16)13(2)19-23-18-10-7-15(22)12-17(18)20(26)24(19)3/h5-10,12-13H,4,11H2,1-3H3. The molecule has 154 valence electrons. The number of halogens is 2. The summed E-state index contributed by atoms with van der Waals surface area (Å²) in [5.74, 6) is 0.374. The van der Waals surface area contributed by atoms with Gasteiger partial charge in [-0.05, 0) is 55.8 Å². The molecule has 1 atom stereocenters. The Morgan fingerprint density at radius 2 is 1.86 bits per heavy atom. The summed E-state index contributed by atoms with van der Waals surface area (Å²) < 4.78 is 30.2. The summed E-state index contributed by atoms with van der Waals surface area (Å²) in [6, 6.07) is 10.8. The van der Waals surface area contributed by atoms with Crippen LogP contribution in [0.15, 0.2) is 56.6 Å².